The first-order valence-corrected chi connectivity index (χ1v) is 3.32. The Morgan fingerprint density at radius 3 is 2.00 bits per heavy atom. The maximum Gasteiger partial charge on any atom is 0.257 e. The molecule has 3 N–H and O–H groups in total. The van der Waals surface area contributed by atoms with Crippen LogP contribution >= 0.6 is 0 Å². The molecule has 0 aliphatic carbocycles. The second-order valence-corrected chi connectivity index (χ2v) is 2.14. The van der Waals surface area contributed by atoms with Gasteiger partial charge in [0.05, 0.1) is 6.54 Å². The molecule has 0 radical (unpaired) electrons. The van der Waals surface area contributed by atoms with Gasteiger partial charge in [0.15, 0.2) is 0 Å². The van der Waals surface area contributed by atoms with E-state index in [4.69, 9.17) is 0 Å². The summed E-state index contributed by atoms with van der Waals surface area (Å²) in [5.74, 6) is -1.14. The minimum absolute atomic E-state index is 0.143. The fourth-order valence-electron chi connectivity index (χ4n) is 0.407. The summed E-state index contributed by atoms with van der Waals surface area (Å²) in [7, 11) is 0. The zero-order valence-corrected chi connectivity index (χ0v) is 6.93. The number of rotatable bonds is 2. The molecule has 0 aliphatic rings. The first-order valence-electron chi connectivity index (χ1n) is 3.32. The van der Waals surface area contributed by atoms with Crippen LogP contribution in [0.2, 0.25) is 0 Å². The Labute approximate surface area is 69.7 Å². The van der Waals surface area contributed by atoms with Crippen LogP contribution in [0.1, 0.15) is 13.8 Å². The van der Waals surface area contributed by atoms with Gasteiger partial charge in [-0.2, -0.15) is 0 Å². The lowest BCUT2D eigenvalue weighted by atomic mass is 10.5. The Hall–Kier alpha value is -1.59. The van der Waals surface area contributed by atoms with E-state index in [9.17, 15) is 14.4 Å². The highest BCUT2D eigenvalue weighted by molar-refractivity contribution is 5.85. The molecule has 6 heteroatoms. The van der Waals surface area contributed by atoms with Crippen molar-refractivity contribution in [3.63, 3.8) is 0 Å². The molecule has 0 aromatic heterocycles. The Morgan fingerprint density at radius 1 is 1.00 bits per heavy atom. The average molecular weight is 173 g/mol. The van der Waals surface area contributed by atoms with Crippen molar-refractivity contribution >= 4 is 17.7 Å². The quantitative estimate of drug-likeness (QED) is 0.434. The van der Waals surface area contributed by atoms with Gasteiger partial charge in [0, 0.05) is 13.8 Å². The van der Waals surface area contributed by atoms with E-state index in [-0.39, 0.29) is 18.4 Å². The van der Waals surface area contributed by atoms with Crippen LogP contribution in [0.15, 0.2) is 0 Å². The van der Waals surface area contributed by atoms with Gasteiger partial charge < -0.3 is 5.32 Å². The molecular formula is C6H11N3O3. The van der Waals surface area contributed by atoms with Gasteiger partial charge in [-0.15, -0.1) is 0 Å². The number of nitrogens with one attached hydrogen (secondary N) is 3. The largest absolute Gasteiger partial charge is 0.347 e. The van der Waals surface area contributed by atoms with Crippen LogP contribution in [-0.2, 0) is 14.4 Å². The topological polar surface area (TPSA) is 87.3 Å². The summed E-state index contributed by atoms with van der Waals surface area (Å²) >= 11 is 0. The SMILES string of the molecule is CC(=O)NCC(=O)NNC(C)=O. The number of carbonyl (C=O) groups is 3. The Kier molecular flexibility index (Phi) is 4.43. The highest BCUT2D eigenvalue weighted by Gasteiger charge is 2.00. The molecule has 0 fully saturated rings. The van der Waals surface area contributed by atoms with E-state index in [0.717, 1.165) is 0 Å². The van der Waals surface area contributed by atoms with Crippen LogP contribution in [0.5, 0.6) is 0 Å². The molecule has 0 heterocycles. The van der Waals surface area contributed by atoms with Gasteiger partial charge in [0.25, 0.3) is 5.91 Å². The predicted molar refractivity (Wildman–Crippen MR) is 40.6 cm³/mol. The second kappa shape index (κ2) is 5.11. The van der Waals surface area contributed by atoms with Crippen molar-refractivity contribution in [2.45, 2.75) is 13.8 Å². The molecule has 0 bridgehead atoms. The van der Waals surface area contributed by atoms with Gasteiger partial charge in [-0.05, 0) is 0 Å². The number of hydrogen-bond acceptors (Lipinski definition) is 3. The van der Waals surface area contributed by atoms with E-state index < -0.39 is 5.91 Å². The van der Waals surface area contributed by atoms with Crippen LogP contribution in [0.3, 0.4) is 0 Å². The molecule has 6 nitrogen and oxygen atoms in total. The van der Waals surface area contributed by atoms with Crippen molar-refractivity contribution in [2.24, 2.45) is 0 Å². The fraction of sp³-hybridized carbons (Fsp3) is 0.500. The first kappa shape index (κ1) is 10.4. The summed E-state index contributed by atoms with van der Waals surface area (Å²) in [6.45, 7) is 2.42. The van der Waals surface area contributed by atoms with Crippen LogP contribution in [0.25, 0.3) is 0 Å². The summed E-state index contributed by atoms with van der Waals surface area (Å²) in [6.07, 6.45) is 0. The molecule has 0 rings (SSSR count). The van der Waals surface area contributed by atoms with E-state index >= 15 is 0 Å². The summed E-state index contributed by atoms with van der Waals surface area (Å²) in [5, 5.41) is 2.27. The minimum atomic E-state index is -0.472. The molecular weight excluding hydrogens is 162 g/mol. The van der Waals surface area contributed by atoms with Gasteiger partial charge in [-0.25, -0.2) is 0 Å². The molecule has 0 aromatic carbocycles. The monoisotopic (exact) mass is 173 g/mol. The van der Waals surface area contributed by atoms with E-state index in [1.54, 1.807) is 0 Å². The molecule has 0 unspecified atom stereocenters. The van der Waals surface area contributed by atoms with Crippen molar-refractivity contribution in [2.75, 3.05) is 6.54 Å². The third kappa shape index (κ3) is 6.53. The van der Waals surface area contributed by atoms with E-state index in [2.05, 4.69) is 16.2 Å². The average Bonchev–Trinajstić information content (AvgIpc) is 1.96. The highest BCUT2D eigenvalue weighted by Crippen LogP contribution is 1.63. The van der Waals surface area contributed by atoms with Crippen LogP contribution in [0, 0.1) is 0 Å². The summed E-state index contributed by atoms with van der Waals surface area (Å²) < 4.78 is 0. The molecule has 0 saturated carbocycles. The zero-order chi connectivity index (χ0) is 9.56. The lowest BCUT2D eigenvalue weighted by molar-refractivity contribution is -0.128. The van der Waals surface area contributed by atoms with Crippen molar-refractivity contribution < 1.29 is 14.4 Å². The molecule has 0 aromatic rings. The molecule has 12 heavy (non-hydrogen) atoms. The van der Waals surface area contributed by atoms with E-state index in [1.807, 2.05) is 0 Å². The normalized spacial score (nSPS) is 8.50. The van der Waals surface area contributed by atoms with E-state index in [1.165, 1.54) is 13.8 Å². The number of hydrazine groups is 1. The van der Waals surface area contributed by atoms with Gasteiger partial charge in [0.1, 0.15) is 0 Å². The summed E-state index contributed by atoms with van der Waals surface area (Å²) in [5.41, 5.74) is 4.16. The third-order valence-corrected chi connectivity index (χ3v) is 0.876. The van der Waals surface area contributed by atoms with Crippen molar-refractivity contribution in [3.05, 3.63) is 0 Å². The Bertz CT molecular complexity index is 182. The van der Waals surface area contributed by atoms with Crippen LogP contribution in [-0.4, -0.2) is 24.3 Å². The van der Waals surface area contributed by atoms with Gasteiger partial charge in [0.2, 0.25) is 11.8 Å². The molecule has 68 valence electrons. The molecule has 0 saturated heterocycles. The van der Waals surface area contributed by atoms with Crippen molar-refractivity contribution in [1.29, 1.82) is 0 Å². The zero-order valence-electron chi connectivity index (χ0n) is 6.93. The number of amides is 3. The van der Waals surface area contributed by atoms with Gasteiger partial charge in [-0.3, -0.25) is 25.2 Å². The lowest BCUT2D eigenvalue weighted by Crippen LogP contribution is -2.45. The minimum Gasteiger partial charge on any atom is -0.347 e. The smallest absolute Gasteiger partial charge is 0.257 e. The number of carbonyl (C=O) groups excluding carboxylic acids is 3. The van der Waals surface area contributed by atoms with Gasteiger partial charge in [-0.1, -0.05) is 0 Å². The molecule has 0 spiro atoms. The summed E-state index contributed by atoms with van der Waals surface area (Å²) in [4.78, 5) is 31.3. The molecule has 0 aliphatic heterocycles. The second-order valence-electron chi connectivity index (χ2n) is 2.14. The maximum atomic E-state index is 10.7. The molecule has 3 amide bonds. The molecule has 0 atom stereocenters. The standard InChI is InChI=1S/C6H11N3O3/c1-4(10)7-3-6(12)9-8-5(2)11/h3H2,1-2H3,(H,7,10)(H,8,11)(H,9,12). The Balaban J connectivity index is 3.47. The maximum absolute atomic E-state index is 10.7. The van der Waals surface area contributed by atoms with Crippen molar-refractivity contribution in [3.8, 4) is 0 Å². The van der Waals surface area contributed by atoms with Crippen molar-refractivity contribution in [1.82, 2.24) is 16.2 Å². The summed E-state index contributed by atoms with van der Waals surface area (Å²) in [6, 6.07) is 0. The fourth-order valence-corrected chi connectivity index (χ4v) is 0.407. The predicted octanol–water partition coefficient (Wildman–Crippen LogP) is -1.71. The van der Waals surface area contributed by atoms with Gasteiger partial charge >= 0.3 is 0 Å². The van der Waals surface area contributed by atoms with E-state index in [0.29, 0.717) is 0 Å². The lowest BCUT2D eigenvalue weighted by Gasteiger charge is -2.04. The highest BCUT2D eigenvalue weighted by atomic mass is 16.2. The van der Waals surface area contributed by atoms with Crippen LogP contribution < -0.4 is 16.2 Å². The third-order valence-electron chi connectivity index (χ3n) is 0.876. The van der Waals surface area contributed by atoms with Crippen LogP contribution in [0.4, 0.5) is 0 Å². The number of hydrogen-bond donors (Lipinski definition) is 3. The first-order chi connectivity index (χ1) is 5.52. The Morgan fingerprint density at radius 2 is 1.58 bits per heavy atom.